The second-order valence-electron chi connectivity index (χ2n) is 4.28. The van der Waals surface area contributed by atoms with Crippen molar-refractivity contribution >= 4 is 27.5 Å². The molecule has 0 aromatic rings. The minimum atomic E-state index is -5.40. The molecule has 9 heteroatoms. The number of hydrogen-bond donors (Lipinski definition) is 1. The Labute approximate surface area is 106 Å². The zero-order chi connectivity index (χ0) is 13.2. The third-order valence-corrected chi connectivity index (χ3v) is 5.10. The van der Waals surface area contributed by atoms with E-state index in [9.17, 15) is 26.3 Å². The quantitative estimate of drug-likeness (QED) is 0.525. The molecule has 2 bridgehead atoms. The molecule has 0 aromatic carbocycles. The molecule has 1 heterocycles. The Bertz CT molecular complexity index is 315. The second-order valence-corrected chi connectivity index (χ2v) is 5.89. The molecule has 0 spiro atoms. The van der Waals surface area contributed by atoms with Crippen LogP contribution in [0.2, 0.25) is 0 Å². The maximum Gasteiger partial charge on any atom is 0.415 e. The van der Waals surface area contributed by atoms with Crippen LogP contribution in [0, 0.1) is 5.92 Å². The lowest BCUT2D eigenvalue weighted by Gasteiger charge is -2.41. The molecule has 0 unspecified atom stereocenters. The molecular formula is C8H7BrClF6N. The van der Waals surface area contributed by atoms with Gasteiger partial charge >= 0.3 is 12.4 Å². The fourth-order valence-electron chi connectivity index (χ4n) is 2.67. The van der Waals surface area contributed by atoms with Gasteiger partial charge in [-0.1, -0.05) is 15.9 Å². The van der Waals surface area contributed by atoms with Crippen LogP contribution in [0.15, 0.2) is 0 Å². The molecule has 1 aliphatic heterocycles. The Morgan fingerprint density at radius 1 is 1.12 bits per heavy atom. The van der Waals surface area contributed by atoms with Crippen molar-refractivity contribution in [3.8, 4) is 0 Å². The van der Waals surface area contributed by atoms with Gasteiger partial charge in [-0.15, -0.1) is 11.6 Å². The van der Waals surface area contributed by atoms with Crippen LogP contribution in [0.25, 0.3) is 0 Å². The third-order valence-electron chi connectivity index (χ3n) is 3.44. The Balaban J connectivity index is 2.48. The predicted octanol–water partition coefficient (Wildman–Crippen LogP) is 3.21. The van der Waals surface area contributed by atoms with E-state index in [4.69, 9.17) is 11.6 Å². The Hall–Kier alpha value is 0.310. The fourth-order valence-corrected chi connectivity index (χ4v) is 4.37. The van der Waals surface area contributed by atoms with E-state index < -0.39 is 40.1 Å². The molecule has 0 radical (unpaired) electrons. The van der Waals surface area contributed by atoms with Crippen LogP contribution >= 0.6 is 27.5 Å². The van der Waals surface area contributed by atoms with Gasteiger partial charge < -0.3 is 0 Å². The molecule has 0 aromatic heterocycles. The molecule has 2 rings (SSSR count). The highest BCUT2D eigenvalue weighted by Crippen LogP contribution is 2.59. The summed E-state index contributed by atoms with van der Waals surface area (Å²) in [5.74, 6) is -1.63. The van der Waals surface area contributed by atoms with Crippen molar-refractivity contribution in [3.05, 3.63) is 0 Å². The first kappa shape index (κ1) is 13.7. The summed E-state index contributed by atoms with van der Waals surface area (Å²) >= 11 is 8.59. The highest BCUT2D eigenvalue weighted by molar-refractivity contribution is 9.09. The summed E-state index contributed by atoms with van der Waals surface area (Å²) in [6, 6.07) is -1.02. The van der Waals surface area contributed by atoms with Crippen LogP contribution in [-0.4, -0.2) is 34.1 Å². The molecule has 1 saturated heterocycles. The zero-order valence-electron chi connectivity index (χ0n) is 8.04. The maximum atomic E-state index is 12.8. The molecule has 17 heavy (non-hydrogen) atoms. The topological polar surface area (TPSA) is 12.0 Å². The van der Waals surface area contributed by atoms with Gasteiger partial charge in [-0.2, -0.15) is 26.3 Å². The van der Waals surface area contributed by atoms with E-state index in [2.05, 4.69) is 15.9 Å². The molecule has 4 atom stereocenters. The first-order chi connectivity index (χ1) is 7.52. The monoisotopic (exact) mass is 345 g/mol. The van der Waals surface area contributed by atoms with Crippen molar-refractivity contribution in [2.45, 2.75) is 40.6 Å². The maximum absolute atomic E-state index is 12.8. The van der Waals surface area contributed by atoms with Crippen LogP contribution < -0.4 is 5.32 Å². The van der Waals surface area contributed by atoms with Gasteiger partial charge in [-0.05, 0) is 6.42 Å². The number of halogens is 8. The molecule has 100 valence electrons. The predicted molar refractivity (Wildman–Crippen MR) is 52.2 cm³/mol. The minimum Gasteiger partial charge on any atom is -0.290 e. The van der Waals surface area contributed by atoms with Crippen LogP contribution in [-0.2, 0) is 0 Å². The lowest BCUT2D eigenvalue weighted by Crippen LogP contribution is -2.70. The summed E-state index contributed by atoms with van der Waals surface area (Å²) in [6.45, 7) is 0. The Morgan fingerprint density at radius 3 is 1.82 bits per heavy atom. The Morgan fingerprint density at radius 2 is 1.59 bits per heavy atom. The van der Waals surface area contributed by atoms with E-state index in [1.54, 1.807) is 5.32 Å². The number of piperidine rings is 1. The van der Waals surface area contributed by atoms with Crippen molar-refractivity contribution in [3.63, 3.8) is 0 Å². The molecule has 2 fully saturated rings. The fraction of sp³-hybridized carbons (Fsp3) is 1.00. The number of nitrogens with one attached hydrogen (secondary N) is 1. The van der Waals surface area contributed by atoms with Gasteiger partial charge in [0.15, 0.2) is 0 Å². The van der Waals surface area contributed by atoms with E-state index >= 15 is 0 Å². The van der Waals surface area contributed by atoms with Crippen LogP contribution in [0.3, 0.4) is 0 Å². The van der Waals surface area contributed by atoms with E-state index in [0.29, 0.717) is 0 Å². The van der Waals surface area contributed by atoms with Gasteiger partial charge in [-0.3, -0.25) is 5.32 Å². The second kappa shape index (κ2) is 3.66. The molecule has 1 N–H and O–H groups in total. The van der Waals surface area contributed by atoms with Gasteiger partial charge in [0.1, 0.15) is 0 Å². The average Bonchev–Trinajstić information content (AvgIpc) is 2.53. The molecular weight excluding hydrogens is 339 g/mol. The summed E-state index contributed by atoms with van der Waals surface area (Å²) in [6.07, 6.45) is -11.1. The molecule has 1 aliphatic carbocycles. The van der Waals surface area contributed by atoms with Gasteiger partial charge in [-0.25, -0.2) is 0 Å². The number of alkyl halides is 8. The van der Waals surface area contributed by atoms with Crippen molar-refractivity contribution in [1.29, 1.82) is 0 Å². The summed E-state index contributed by atoms with van der Waals surface area (Å²) in [5, 5.41) is 0.934. The highest BCUT2D eigenvalue weighted by Gasteiger charge is 2.81. The molecule has 1 nitrogen and oxygen atoms in total. The van der Waals surface area contributed by atoms with Gasteiger partial charge in [0.25, 0.3) is 0 Å². The van der Waals surface area contributed by atoms with Crippen molar-refractivity contribution in [2.24, 2.45) is 5.92 Å². The smallest absolute Gasteiger partial charge is 0.290 e. The van der Waals surface area contributed by atoms with Crippen molar-refractivity contribution in [2.75, 3.05) is 0 Å². The molecule has 0 amide bonds. The standard InChI is InChI=1S/C8H7BrClF6N/c9-4-2-1-3(10)5(4)17-6(2,7(11,12)13)8(14,15)16/h2-5,17H,1H2/t2-,3+,4+,5-/m0/s1. The third kappa shape index (κ3) is 1.63. The van der Waals surface area contributed by atoms with E-state index in [1.807, 2.05) is 0 Å². The summed E-state index contributed by atoms with van der Waals surface area (Å²) in [5.41, 5.74) is -3.84. The zero-order valence-corrected chi connectivity index (χ0v) is 10.4. The number of rotatable bonds is 0. The molecule has 2 aliphatic rings. The lowest BCUT2D eigenvalue weighted by molar-refractivity contribution is -0.318. The van der Waals surface area contributed by atoms with Gasteiger partial charge in [0.05, 0.1) is 5.38 Å². The van der Waals surface area contributed by atoms with Crippen molar-refractivity contribution < 1.29 is 26.3 Å². The van der Waals surface area contributed by atoms with E-state index in [-0.39, 0.29) is 6.42 Å². The summed E-state index contributed by atoms with van der Waals surface area (Å²) in [7, 11) is 0. The van der Waals surface area contributed by atoms with Crippen LogP contribution in [0.4, 0.5) is 26.3 Å². The van der Waals surface area contributed by atoms with Crippen LogP contribution in [0.5, 0.6) is 0 Å². The summed E-state index contributed by atoms with van der Waals surface area (Å²) < 4.78 is 76.9. The molecule has 1 saturated carbocycles. The largest absolute Gasteiger partial charge is 0.415 e. The van der Waals surface area contributed by atoms with E-state index in [1.165, 1.54) is 0 Å². The first-order valence-electron chi connectivity index (χ1n) is 4.71. The van der Waals surface area contributed by atoms with Gasteiger partial charge in [0, 0.05) is 16.8 Å². The first-order valence-corrected chi connectivity index (χ1v) is 6.07. The minimum absolute atomic E-state index is 0.311. The van der Waals surface area contributed by atoms with Gasteiger partial charge in [0.2, 0.25) is 5.54 Å². The Kier molecular flexibility index (Phi) is 2.96. The highest BCUT2D eigenvalue weighted by atomic mass is 79.9. The normalized spacial score (nSPS) is 40.9. The van der Waals surface area contributed by atoms with Crippen molar-refractivity contribution in [1.82, 2.24) is 5.32 Å². The van der Waals surface area contributed by atoms with E-state index in [0.717, 1.165) is 0 Å². The SMILES string of the molecule is FC(F)(F)C1(C(F)(F)F)N[C@@H]2[C@H](Br)[C@@H]1C[C@H]2Cl. The summed E-state index contributed by atoms with van der Waals surface area (Å²) in [4.78, 5) is -0.923. The number of fused-ring (bicyclic) bond motifs is 2. The average molecular weight is 346 g/mol. The van der Waals surface area contributed by atoms with Crippen LogP contribution in [0.1, 0.15) is 6.42 Å². The lowest BCUT2D eigenvalue weighted by atomic mass is 9.82. The number of hydrogen-bond acceptors (Lipinski definition) is 1.